The van der Waals surface area contributed by atoms with Gasteiger partial charge >= 0.3 is 0 Å². The average Bonchev–Trinajstić information content (AvgIpc) is 2.92. The third-order valence-electron chi connectivity index (χ3n) is 6.88. The summed E-state index contributed by atoms with van der Waals surface area (Å²) < 4.78 is 30.6. The normalized spacial score (nSPS) is 20.1. The third kappa shape index (κ3) is 5.54. The zero-order chi connectivity index (χ0) is 26.6. The number of fused-ring (bicyclic) bond motifs is 1. The van der Waals surface area contributed by atoms with Gasteiger partial charge in [0.2, 0.25) is 11.9 Å². The molecule has 1 N–H and O–H groups in total. The van der Waals surface area contributed by atoms with E-state index in [1.165, 1.54) is 13.2 Å². The van der Waals surface area contributed by atoms with Crippen LogP contribution in [-0.2, 0) is 25.5 Å². The van der Waals surface area contributed by atoms with Crippen LogP contribution in [0.3, 0.4) is 0 Å². The number of benzene rings is 1. The van der Waals surface area contributed by atoms with Crippen molar-refractivity contribution in [2.24, 2.45) is 0 Å². The highest BCUT2D eigenvalue weighted by Crippen LogP contribution is 2.31. The number of morpholine rings is 2. The van der Waals surface area contributed by atoms with Crippen LogP contribution in [0.2, 0.25) is 0 Å². The van der Waals surface area contributed by atoms with E-state index >= 15 is 0 Å². The highest BCUT2D eigenvalue weighted by atomic mass is 19.1. The third-order valence-corrected chi connectivity index (χ3v) is 6.88. The summed E-state index contributed by atoms with van der Waals surface area (Å²) in [7, 11) is 1.44. The molecule has 10 nitrogen and oxygen atoms in total. The van der Waals surface area contributed by atoms with Crippen LogP contribution in [0.1, 0.15) is 19.4 Å². The summed E-state index contributed by atoms with van der Waals surface area (Å²) in [6, 6.07) is 8.94. The van der Waals surface area contributed by atoms with Gasteiger partial charge in [-0.3, -0.25) is 4.79 Å². The number of nitrogens with zero attached hydrogens (tertiary/aromatic N) is 5. The molecule has 1 aromatic carbocycles. The molecule has 2 aliphatic heterocycles. The van der Waals surface area contributed by atoms with Gasteiger partial charge < -0.3 is 29.3 Å². The Bertz CT molecular complexity index is 1310. The van der Waals surface area contributed by atoms with Crippen molar-refractivity contribution >= 4 is 28.7 Å². The second-order valence-electron chi connectivity index (χ2n) is 9.67. The summed E-state index contributed by atoms with van der Waals surface area (Å²) >= 11 is 0. The van der Waals surface area contributed by atoms with Gasteiger partial charge in [0, 0.05) is 37.9 Å². The summed E-state index contributed by atoms with van der Waals surface area (Å²) in [6.45, 7) is 8.08. The molecule has 11 heteroatoms. The molecule has 38 heavy (non-hydrogen) atoms. The molecule has 0 radical (unpaired) electrons. The van der Waals surface area contributed by atoms with E-state index in [2.05, 4.69) is 29.0 Å². The van der Waals surface area contributed by atoms with Crippen LogP contribution in [0.15, 0.2) is 30.3 Å². The van der Waals surface area contributed by atoms with Crippen molar-refractivity contribution in [1.82, 2.24) is 20.3 Å². The Morgan fingerprint density at radius 3 is 2.50 bits per heavy atom. The van der Waals surface area contributed by atoms with Gasteiger partial charge in [-0.15, -0.1) is 0 Å². The van der Waals surface area contributed by atoms with Crippen molar-refractivity contribution in [3.05, 3.63) is 41.7 Å². The van der Waals surface area contributed by atoms with Gasteiger partial charge in [-0.25, -0.2) is 9.37 Å². The Kier molecular flexibility index (Phi) is 7.96. The molecule has 0 saturated carbocycles. The SMILES string of the molecule is COCC(=O)NCc1cc(-c2ccc3c(N4CCOC[C@@H]4C)nc(N4CCOC[C@@H]4C)nc3n2)ccc1F. The van der Waals surface area contributed by atoms with E-state index in [1.807, 2.05) is 12.1 Å². The quantitative estimate of drug-likeness (QED) is 0.500. The molecule has 202 valence electrons. The first-order chi connectivity index (χ1) is 18.4. The van der Waals surface area contributed by atoms with Gasteiger partial charge in [0.05, 0.1) is 49.6 Å². The lowest BCUT2D eigenvalue weighted by Crippen LogP contribution is -2.46. The molecule has 0 spiro atoms. The Hall–Kier alpha value is -3.41. The number of hydrogen-bond acceptors (Lipinski definition) is 9. The van der Waals surface area contributed by atoms with Gasteiger partial charge in [-0.05, 0) is 44.2 Å². The van der Waals surface area contributed by atoms with Crippen LogP contribution in [0, 0.1) is 5.82 Å². The van der Waals surface area contributed by atoms with E-state index in [-0.39, 0.29) is 31.1 Å². The summed E-state index contributed by atoms with van der Waals surface area (Å²) in [5.74, 6) is 0.737. The van der Waals surface area contributed by atoms with E-state index in [9.17, 15) is 9.18 Å². The maximum Gasteiger partial charge on any atom is 0.246 e. The fraction of sp³-hybridized carbons (Fsp3) is 0.481. The first kappa shape index (κ1) is 26.2. The van der Waals surface area contributed by atoms with Crippen molar-refractivity contribution in [1.29, 1.82) is 0 Å². The number of aromatic nitrogens is 3. The van der Waals surface area contributed by atoms with Crippen molar-refractivity contribution in [3.63, 3.8) is 0 Å². The molecule has 2 saturated heterocycles. The molecular formula is C27H33FN6O4. The lowest BCUT2D eigenvalue weighted by molar-refractivity contribution is -0.124. The zero-order valence-electron chi connectivity index (χ0n) is 21.9. The van der Waals surface area contributed by atoms with E-state index < -0.39 is 5.82 Å². The summed E-state index contributed by atoms with van der Waals surface area (Å²) in [6.07, 6.45) is 0. The topological polar surface area (TPSA) is 102 Å². The van der Waals surface area contributed by atoms with Gasteiger partial charge in [0.25, 0.3) is 0 Å². The fourth-order valence-electron chi connectivity index (χ4n) is 4.80. The predicted molar refractivity (Wildman–Crippen MR) is 142 cm³/mol. The Morgan fingerprint density at radius 1 is 1.05 bits per heavy atom. The maximum atomic E-state index is 14.5. The Balaban J connectivity index is 1.54. The van der Waals surface area contributed by atoms with Crippen LogP contribution in [-0.4, -0.2) is 86.2 Å². The molecule has 2 aromatic heterocycles. The highest BCUT2D eigenvalue weighted by Gasteiger charge is 2.27. The second kappa shape index (κ2) is 11.5. The van der Waals surface area contributed by atoms with Crippen LogP contribution in [0.25, 0.3) is 22.3 Å². The standard InChI is InChI=1S/C27H33FN6O4/c1-17-14-37-10-8-33(17)26-21-5-7-23(19-4-6-22(28)20(12-19)13-29-24(35)16-36-3)30-25(21)31-27(32-26)34-9-11-38-15-18(34)2/h4-7,12,17-18H,8-11,13-16H2,1-3H3,(H,29,35)/t17-,18-/m0/s1. The molecule has 2 fully saturated rings. The van der Waals surface area contributed by atoms with Crippen LogP contribution in [0.4, 0.5) is 16.2 Å². The number of anilines is 2. The predicted octanol–water partition coefficient (Wildman–Crippen LogP) is 2.54. The van der Waals surface area contributed by atoms with Gasteiger partial charge in [0.1, 0.15) is 18.2 Å². The van der Waals surface area contributed by atoms with Crippen molar-refractivity contribution in [2.75, 3.05) is 63.0 Å². The number of pyridine rings is 1. The number of methoxy groups -OCH3 is 1. The number of ether oxygens (including phenoxy) is 3. The average molecular weight is 525 g/mol. The van der Waals surface area contributed by atoms with E-state index in [4.69, 9.17) is 29.2 Å². The largest absolute Gasteiger partial charge is 0.377 e. The Morgan fingerprint density at radius 2 is 1.79 bits per heavy atom. The number of rotatable bonds is 7. The summed E-state index contributed by atoms with van der Waals surface area (Å²) in [5, 5.41) is 3.52. The van der Waals surface area contributed by atoms with Crippen molar-refractivity contribution < 1.29 is 23.4 Å². The van der Waals surface area contributed by atoms with E-state index in [0.717, 1.165) is 23.3 Å². The molecular weight excluding hydrogens is 491 g/mol. The smallest absolute Gasteiger partial charge is 0.246 e. The summed E-state index contributed by atoms with van der Waals surface area (Å²) in [4.78, 5) is 31.0. The van der Waals surface area contributed by atoms with Gasteiger partial charge in [-0.1, -0.05) is 0 Å². The molecule has 1 amide bonds. The van der Waals surface area contributed by atoms with E-state index in [0.29, 0.717) is 55.8 Å². The Labute approximate surface area is 221 Å². The van der Waals surface area contributed by atoms with E-state index in [1.54, 1.807) is 12.1 Å². The highest BCUT2D eigenvalue weighted by molar-refractivity contribution is 5.90. The van der Waals surface area contributed by atoms with Crippen LogP contribution < -0.4 is 15.1 Å². The number of hydrogen-bond donors (Lipinski definition) is 1. The first-order valence-corrected chi connectivity index (χ1v) is 12.9. The van der Waals surface area contributed by atoms with Crippen LogP contribution in [0.5, 0.6) is 0 Å². The molecule has 4 heterocycles. The summed E-state index contributed by atoms with van der Waals surface area (Å²) in [5.41, 5.74) is 2.31. The minimum atomic E-state index is -0.401. The first-order valence-electron chi connectivity index (χ1n) is 12.9. The number of nitrogens with one attached hydrogen (secondary N) is 1. The number of carbonyl (C=O) groups excluding carboxylic acids is 1. The molecule has 2 aliphatic rings. The molecule has 2 atom stereocenters. The number of carbonyl (C=O) groups is 1. The lowest BCUT2D eigenvalue weighted by Gasteiger charge is -2.37. The minimum Gasteiger partial charge on any atom is -0.377 e. The maximum absolute atomic E-state index is 14.5. The second-order valence-corrected chi connectivity index (χ2v) is 9.67. The number of amides is 1. The van der Waals surface area contributed by atoms with Crippen LogP contribution >= 0.6 is 0 Å². The zero-order valence-corrected chi connectivity index (χ0v) is 21.9. The molecule has 5 rings (SSSR count). The van der Waals surface area contributed by atoms with Crippen molar-refractivity contribution in [2.45, 2.75) is 32.5 Å². The minimum absolute atomic E-state index is 0.0513. The molecule has 3 aromatic rings. The van der Waals surface area contributed by atoms with Gasteiger partial charge in [0.15, 0.2) is 5.65 Å². The lowest BCUT2D eigenvalue weighted by atomic mass is 10.1. The van der Waals surface area contributed by atoms with Crippen molar-refractivity contribution in [3.8, 4) is 11.3 Å². The molecule has 0 aliphatic carbocycles. The molecule has 0 bridgehead atoms. The van der Waals surface area contributed by atoms with Gasteiger partial charge in [-0.2, -0.15) is 9.97 Å². The monoisotopic (exact) mass is 524 g/mol. The molecule has 0 unspecified atom stereocenters. The fourth-order valence-corrected chi connectivity index (χ4v) is 4.80. The number of halogens is 1.